The van der Waals surface area contributed by atoms with Crippen molar-refractivity contribution >= 4 is 5.96 Å². The summed E-state index contributed by atoms with van der Waals surface area (Å²) in [5.74, 6) is 0.342. The monoisotopic (exact) mass is 267 g/mol. The highest BCUT2D eigenvalue weighted by Gasteiger charge is 2.03. The summed E-state index contributed by atoms with van der Waals surface area (Å²) in [5.41, 5.74) is 1.17. The van der Waals surface area contributed by atoms with E-state index in [0.29, 0.717) is 18.2 Å². The molecule has 0 aliphatic rings. The molecule has 0 spiro atoms. The fraction of sp³-hybridized carbons (Fsp3) is 0.500. The molecule has 0 aliphatic heterocycles. The second-order valence-electron chi connectivity index (χ2n) is 4.58. The Morgan fingerprint density at radius 2 is 2.16 bits per heavy atom. The van der Waals surface area contributed by atoms with Gasteiger partial charge in [-0.2, -0.15) is 0 Å². The molecule has 1 rings (SSSR count). The Bertz CT molecular complexity index is 433. The summed E-state index contributed by atoms with van der Waals surface area (Å²) < 4.78 is 13.2. The van der Waals surface area contributed by atoms with Gasteiger partial charge in [0.2, 0.25) is 0 Å². The highest BCUT2D eigenvalue weighted by atomic mass is 19.1. The van der Waals surface area contributed by atoms with Gasteiger partial charge in [-0.1, -0.05) is 6.07 Å². The van der Waals surface area contributed by atoms with Crippen LogP contribution in [0.25, 0.3) is 0 Å². The molecule has 0 bridgehead atoms. The molecule has 0 aromatic heterocycles. The number of rotatable bonds is 5. The maximum Gasteiger partial charge on any atom is 0.191 e. The van der Waals surface area contributed by atoms with Gasteiger partial charge in [0.1, 0.15) is 5.82 Å². The molecule has 106 valence electrons. The Hall–Kier alpha value is -1.62. The topological polar surface area (TPSA) is 56.7 Å². The van der Waals surface area contributed by atoms with Crippen molar-refractivity contribution in [2.45, 2.75) is 40.0 Å². The largest absolute Gasteiger partial charge is 0.392 e. The summed E-state index contributed by atoms with van der Waals surface area (Å²) in [4.78, 5) is 4.42. The number of guanidine groups is 1. The molecule has 3 N–H and O–H groups in total. The molecule has 0 aliphatic carbocycles. The van der Waals surface area contributed by atoms with Crippen LogP contribution in [0.2, 0.25) is 0 Å². The number of aliphatic hydroxyl groups excluding tert-OH is 1. The van der Waals surface area contributed by atoms with Gasteiger partial charge in [-0.15, -0.1) is 0 Å². The maximum absolute atomic E-state index is 13.2. The van der Waals surface area contributed by atoms with Crippen LogP contribution in [0.15, 0.2) is 23.2 Å². The van der Waals surface area contributed by atoms with Crippen molar-refractivity contribution in [3.8, 4) is 0 Å². The van der Waals surface area contributed by atoms with E-state index in [-0.39, 0.29) is 12.4 Å². The van der Waals surface area contributed by atoms with Crippen LogP contribution >= 0.6 is 0 Å². The van der Waals surface area contributed by atoms with E-state index in [1.807, 2.05) is 20.8 Å². The lowest BCUT2D eigenvalue weighted by atomic mass is 10.1. The zero-order valence-electron chi connectivity index (χ0n) is 11.7. The van der Waals surface area contributed by atoms with Gasteiger partial charge in [0, 0.05) is 18.2 Å². The predicted molar refractivity (Wildman–Crippen MR) is 75.4 cm³/mol. The minimum atomic E-state index is -0.387. The fourth-order valence-electron chi connectivity index (χ4n) is 1.61. The van der Waals surface area contributed by atoms with Gasteiger partial charge < -0.3 is 15.7 Å². The Morgan fingerprint density at radius 3 is 2.74 bits per heavy atom. The average Bonchev–Trinajstić information content (AvgIpc) is 2.37. The number of benzene rings is 1. The molecule has 0 saturated heterocycles. The minimum absolute atomic E-state index is 0.291. The first kappa shape index (κ1) is 15.4. The Morgan fingerprint density at radius 1 is 1.42 bits per heavy atom. The van der Waals surface area contributed by atoms with Crippen LogP contribution in [0.5, 0.6) is 0 Å². The van der Waals surface area contributed by atoms with Crippen LogP contribution in [-0.2, 0) is 13.2 Å². The van der Waals surface area contributed by atoms with Crippen molar-refractivity contribution in [3.63, 3.8) is 0 Å². The summed E-state index contributed by atoms with van der Waals surface area (Å²) in [5, 5.41) is 15.4. The molecule has 0 radical (unpaired) electrons. The van der Waals surface area contributed by atoms with Gasteiger partial charge in [0.25, 0.3) is 0 Å². The van der Waals surface area contributed by atoms with E-state index in [1.54, 1.807) is 12.1 Å². The Balaban J connectivity index is 2.76. The summed E-state index contributed by atoms with van der Waals surface area (Å²) in [6.07, 6.45) is 0. The zero-order chi connectivity index (χ0) is 14.3. The van der Waals surface area contributed by atoms with E-state index in [4.69, 9.17) is 5.11 Å². The summed E-state index contributed by atoms with van der Waals surface area (Å²) in [6.45, 7) is 7.00. The van der Waals surface area contributed by atoms with Crippen molar-refractivity contribution in [3.05, 3.63) is 35.1 Å². The first-order valence-electron chi connectivity index (χ1n) is 6.49. The Labute approximate surface area is 113 Å². The highest BCUT2D eigenvalue weighted by molar-refractivity contribution is 5.79. The third-order valence-electron chi connectivity index (χ3n) is 2.47. The minimum Gasteiger partial charge on any atom is -0.392 e. The quantitative estimate of drug-likeness (QED) is 0.563. The highest BCUT2D eigenvalue weighted by Crippen LogP contribution is 2.11. The van der Waals surface area contributed by atoms with Crippen LogP contribution in [0, 0.1) is 5.82 Å². The van der Waals surface area contributed by atoms with E-state index in [9.17, 15) is 4.39 Å². The molecule has 0 unspecified atom stereocenters. The van der Waals surface area contributed by atoms with E-state index in [1.165, 1.54) is 6.07 Å². The van der Waals surface area contributed by atoms with Gasteiger partial charge in [0.15, 0.2) is 5.96 Å². The standard InChI is InChI=1S/C14H22FN3O/c1-4-16-14(18-10(2)3)17-8-11-5-6-13(15)12(7-11)9-19/h5-7,10,19H,4,8-9H2,1-3H3,(H2,16,17,18). The molecule has 0 fully saturated rings. The number of halogens is 1. The number of hydrogen-bond donors (Lipinski definition) is 3. The lowest BCUT2D eigenvalue weighted by Gasteiger charge is -2.14. The first-order chi connectivity index (χ1) is 9.06. The normalized spacial score (nSPS) is 11.8. The van der Waals surface area contributed by atoms with E-state index < -0.39 is 0 Å². The van der Waals surface area contributed by atoms with E-state index in [0.717, 1.165) is 18.1 Å². The van der Waals surface area contributed by atoms with Gasteiger partial charge in [-0.25, -0.2) is 9.38 Å². The van der Waals surface area contributed by atoms with Gasteiger partial charge >= 0.3 is 0 Å². The summed E-state index contributed by atoms with van der Waals surface area (Å²) in [7, 11) is 0. The molecule has 19 heavy (non-hydrogen) atoms. The molecule has 1 aromatic rings. The molecule has 1 aromatic carbocycles. The van der Waals surface area contributed by atoms with Crippen LogP contribution in [0.1, 0.15) is 31.9 Å². The van der Waals surface area contributed by atoms with Crippen LogP contribution in [0.3, 0.4) is 0 Å². The summed E-state index contributed by atoms with van der Waals surface area (Å²) >= 11 is 0. The molecule has 0 heterocycles. The Kier molecular flexibility index (Phi) is 6.29. The molecule has 0 amide bonds. The molecular formula is C14H22FN3O. The van der Waals surface area contributed by atoms with Crippen LogP contribution in [0.4, 0.5) is 4.39 Å². The average molecular weight is 267 g/mol. The van der Waals surface area contributed by atoms with Crippen molar-refractivity contribution in [1.82, 2.24) is 10.6 Å². The molecule has 0 atom stereocenters. The second-order valence-corrected chi connectivity index (χ2v) is 4.58. The summed E-state index contributed by atoms with van der Waals surface area (Å²) in [6, 6.07) is 4.97. The van der Waals surface area contributed by atoms with Crippen molar-refractivity contribution in [2.75, 3.05) is 6.54 Å². The SMILES string of the molecule is CCNC(=NCc1ccc(F)c(CO)c1)NC(C)C. The van der Waals surface area contributed by atoms with Crippen molar-refractivity contribution in [1.29, 1.82) is 0 Å². The van der Waals surface area contributed by atoms with Gasteiger partial charge in [-0.3, -0.25) is 0 Å². The van der Waals surface area contributed by atoms with Crippen molar-refractivity contribution < 1.29 is 9.50 Å². The second kappa shape index (κ2) is 7.74. The van der Waals surface area contributed by atoms with Gasteiger partial charge in [0.05, 0.1) is 13.2 Å². The molecule has 4 nitrogen and oxygen atoms in total. The van der Waals surface area contributed by atoms with Crippen LogP contribution in [-0.4, -0.2) is 23.7 Å². The number of aliphatic hydroxyl groups is 1. The van der Waals surface area contributed by atoms with Gasteiger partial charge in [-0.05, 0) is 38.5 Å². The fourth-order valence-corrected chi connectivity index (χ4v) is 1.61. The van der Waals surface area contributed by atoms with Crippen LogP contribution < -0.4 is 10.6 Å². The maximum atomic E-state index is 13.2. The third kappa shape index (κ3) is 5.26. The number of nitrogens with zero attached hydrogens (tertiary/aromatic N) is 1. The number of nitrogens with one attached hydrogen (secondary N) is 2. The predicted octanol–water partition coefficient (Wildman–Crippen LogP) is 1.78. The van der Waals surface area contributed by atoms with Crippen molar-refractivity contribution in [2.24, 2.45) is 4.99 Å². The first-order valence-corrected chi connectivity index (χ1v) is 6.49. The zero-order valence-corrected chi connectivity index (χ0v) is 11.7. The van der Waals surface area contributed by atoms with E-state index in [2.05, 4.69) is 15.6 Å². The molecule has 5 heteroatoms. The number of hydrogen-bond acceptors (Lipinski definition) is 2. The molecule has 0 saturated carbocycles. The smallest absolute Gasteiger partial charge is 0.191 e. The number of aliphatic imine (C=N–C) groups is 1. The molecular weight excluding hydrogens is 245 g/mol. The van der Waals surface area contributed by atoms with E-state index >= 15 is 0 Å². The lowest BCUT2D eigenvalue weighted by Crippen LogP contribution is -2.41. The third-order valence-corrected chi connectivity index (χ3v) is 2.47. The lowest BCUT2D eigenvalue weighted by molar-refractivity contribution is 0.275.